The third-order valence-corrected chi connectivity index (χ3v) is 2.68. The second-order valence-electron chi connectivity index (χ2n) is 3.53. The molecule has 1 atom stereocenters. The monoisotopic (exact) mass is 216 g/mol. The predicted octanol–water partition coefficient (Wildman–Crippen LogP) is 1.05. The van der Waals surface area contributed by atoms with Crippen LogP contribution in [0.3, 0.4) is 0 Å². The van der Waals surface area contributed by atoms with Crippen molar-refractivity contribution in [2.24, 2.45) is 5.16 Å². The first-order valence-corrected chi connectivity index (χ1v) is 5.30. The molecule has 0 bridgehead atoms. The van der Waals surface area contributed by atoms with Crippen LogP contribution in [0.2, 0.25) is 0 Å². The Morgan fingerprint density at radius 2 is 2.27 bits per heavy atom. The summed E-state index contributed by atoms with van der Waals surface area (Å²) in [6, 6.07) is 0.345. The van der Waals surface area contributed by atoms with Crippen LogP contribution in [0.1, 0.15) is 19.8 Å². The molecule has 5 heteroatoms. The van der Waals surface area contributed by atoms with Crippen LogP contribution in [0.25, 0.3) is 0 Å². The number of oxime groups is 1. The molecule has 0 saturated carbocycles. The average molecular weight is 216 g/mol. The largest absolute Gasteiger partial charge is 0.399 e. The summed E-state index contributed by atoms with van der Waals surface area (Å²) in [4.78, 5) is 16.8. The van der Waals surface area contributed by atoms with Gasteiger partial charge in [0.05, 0.1) is 19.4 Å². The van der Waals surface area contributed by atoms with E-state index in [1.807, 2.05) is 0 Å². The van der Waals surface area contributed by atoms with Crippen LogP contribution < -0.4 is 0 Å². The molecule has 1 aliphatic heterocycles. The number of likely N-dealkylation sites (N-methyl/N-ethyl adjacent to an activating group) is 1. The molecule has 0 aliphatic carbocycles. The van der Waals surface area contributed by atoms with Crippen molar-refractivity contribution in [3.05, 3.63) is 0 Å². The molecule has 0 aromatic rings. The minimum atomic E-state index is 0.345. The van der Waals surface area contributed by atoms with E-state index in [4.69, 9.17) is 9.73 Å². The molecule has 1 fully saturated rings. The molecule has 0 aromatic heterocycles. The molecule has 88 valence electrons. The fourth-order valence-corrected chi connectivity index (χ4v) is 1.90. The van der Waals surface area contributed by atoms with Crippen LogP contribution in [0.4, 0.5) is 0 Å². The smallest absolute Gasteiger partial charge is 0.106 e. The number of piperidine rings is 1. The second-order valence-corrected chi connectivity index (χ2v) is 3.53. The molecule has 1 heterocycles. The number of nitrogens with zero attached hydrogens (tertiary/aromatic N) is 2. The van der Waals surface area contributed by atoms with E-state index in [1.165, 1.54) is 7.11 Å². The Bertz CT molecular complexity index is 209. The molecule has 0 N–H and O–H groups in total. The molecule has 15 heavy (non-hydrogen) atoms. The van der Waals surface area contributed by atoms with Gasteiger partial charge in [0.2, 0.25) is 0 Å². The van der Waals surface area contributed by atoms with Gasteiger partial charge in [0.15, 0.2) is 0 Å². The average Bonchev–Trinajstić information content (AvgIpc) is 2.27. The van der Waals surface area contributed by atoms with Crippen molar-refractivity contribution in [1.82, 2.24) is 4.90 Å². The lowest BCUT2D eigenvalue weighted by Crippen LogP contribution is -2.45. The molecule has 1 aliphatic rings. The van der Waals surface area contributed by atoms with Gasteiger partial charge in [-0.15, -0.1) is 0 Å². The van der Waals surface area contributed by atoms with Gasteiger partial charge in [0.25, 0.3) is 0 Å². The highest BCUT2D eigenvalue weighted by molar-refractivity contribution is 5.85. The van der Waals surface area contributed by atoms with E-state index in [-0.39, 0.29) is 0 Å². The number of rotatable bonds is 5. The molecule has 0 aromatic carbocycles. The zero-order valence-electron chi connectivity index (χ0n) is 9.73. The van der Waals surface area contributed by atoms with E-state index in [1.54, 1.807) is 7.11 Å². The Morgan fingerprint density at radius 3 is 2.87 bits per heavy atom. The summed E-state index contributed by atoms with van der Waals surface area (Å²) in [6.45, 7) is 4.76. The first-order valence-electron chi connectivity index (χ1n) is 5.30. The highest BCUT2D eigenvalue weighted by atomic mass is 17.2. The summed E-state index contributed by atoms with van der Waals surface area (Å²) >= 11 is 0. The van der Waals surface area contributed by atoms with Gasteiger partial charge >= 0.3 is 0 Å². The normalized spacial score (nSPS) is 25.8. The number of hydrogen-bond donors (Lipinski definition) is 0. The van der Waals surface area contributed by atoms with Crippen molar-refractivity contribution in [2.75, 3.05) is 33.9 Å². The Hall–Kier alpha value is -0.650. The highest BCUT2D eigenvalue weighted by Crippen LogP contribution is 2.15. The number of hydrogen-bond acceptors (Lipinski definition) is 5. The minimum Gasteiger partial charge on any atom is -0.399 e. The van der Waals surface area contributed by atoms with Crippen molar-refractivity contribution >= 4 is 5.71 Å². The van der Waals surface area contributed by atoms with Gasteiger partial charge in [-0.2, -0.15) is 0 Å². The first kappa shape index (κ1) is 12.4. The van der Waals surface area contributed by atoms with Crippen molar-refractivity contribution in [2.45, 2.75) is 25.8 Å². The van der Waals surface area contributed by atoms with E-state index >= 15 is 0 Å². The summed E-state index contributed by atoms with van der Waals surface area (Å²) in [7, 11) is 3.11. The van der Waals surface area contributed by atoms with Gasteiger partial charge in [-0.1, -0.05) is 12.1 Å². The van der Waals surface area contributed by atoms with Crippen LogP contribution in [0.5, 0.6) is 0 Å². The maximum absolute atomic E-state index is 4.99. The van der Waals surface area contributed by atoms with Crippen molar-refractivity contribution in [3.8, 4) is 0 Å². The molecule has 1 saturated heterocycles. The minimum absolute atomic E-state index is 0.345. The molecule has 5 nitrogen and oxygen atoms in total. The van der Waals surface area contributed by atoms with Gasteiger partial charge < -0.3 is 4.84 Å². The second kappa shape index (κ2) is 6.76. The maximum Gasteiger partial charge on any atom is 0.106 e. The van der Waals surface area contributed by atoms with Crippen molar-refractivity contribution < 1.29 is 14.6 Å². The quantitative estimate of drug-likeness (QED) is 0.509. The van der Waals surface area contributed by atoms with Crippen LogP contribution in [-0.2, 0) is 14.6 Å². The van der Waals surface area contributed by atoms with Gasteiger partial charge in [0, 0.05) is 25.4 Å². The molecule has 1 unspecified atom stereocenters. The molecular weight excluding hydrogens is 196 g/mol. The van der Waals surface area contributed by atoms with Gasteiger partial charge in [-0.25, -0.2) is 9.78 Å². The Kier molecular flexibility index (Phi) is 5.60. The van der Waals surface area contributed by atoms with Crippen LogP contribution in [-0.4, -0.2) is 50.6 Å². The first-order chi connectivity index (χ1) is 7.31. The fourth-order valence-electron chi connectivity index (χ4n) is 1.90. The summed E-state index contributed by atoms with van der Waals surface area (Å²) < 4.78 is 0. The van der Waals surface area contributed by atoms with E-state index in [9.17, 15) is 0 Å². The zero-order valence-corrected chi connectivity index (χ0v) is 9.73. The summed E-state index contributed by atoms with van der Waals surface area (Å²) in [5, 5.41) is 4.00. The number of likely N-dealkylation sites (tertiary alicyclic amines) is 1. The lowest BCUT2D eigenvalue weighted by Gasteiger charge is -2.34. The van der Waals surface area contributed by atoms with Crippen LogP contribution >= 0.6 is 0 Å². The van der Waals surface area contributed by atoms with Crippen molar-refractivity contribution in [1.29, 1.82) is 0 Å². The van der Waals surface area contributed by atoms with E-state index in [0.29, 0.717) is 12.6 Å². The van der Waals surface area contributed by atoms with E-state index in [2.05, 4.69) is 21.9 Å². The van der Waals surface area contributed by atoms with Crippen molar-refractivity contribution in [3.63, 3.8) is 0 Å². The Labute approximate surface area is 90.9 Å². The standard InChI is InChI=1S/C10H20N2O3/c1-4-12-6-5-9(11-13-2)7-10(12)8-15-14-3/h10H,4-8H2,1-3H3/b11-9-. The zero-order chi connectivity index (χ0) is 11.1. The molecule has 0 spiro atoms. The van der Waals surface area contributed by atoms with Crippen LogP contribution in [0.15, 0.2) is 5.16 Å². The van der Waals surface area contributed by atoms with E-state index < -0.39 is 0 Å². The highest BCUT2D eigenvalue weighted by Gasteiger charge is 2.25. The van der Waals surface area contributed by atoms with Crippen LogP contribution in [0, 0.1) is 0 Å². The Balaban J connectivity index is 2.49. The topological polar surface area (TPSA) is 43.3 Å². The van der Waals surface area contributed by atoms with E-state index in [0.717, 1.165) is 31.6 Å². The third-order valence-electron chi connectivity index (χ3n) is 2.68. The van der Waals surface area contributed by atoms with Gasteiger partial charge in [-0.05, 0) is 6.54 Å². The summed E-state index contributed by atoms with van der Waals surface area (Å²) in [6.07, 6.45) is 1.87. The lowest BCUT2D eigenvalue weighted by atomic mass is 10.0. The predicted molar refractivity (Wildman–Crippen MR) is 57.7 cm³/mol. The maximum atomic E-state index is 4.99. The van der Waals surface area contributed by atoms with Gasteiger partial charge in [0.1, 0.15) is 7.11 Å². The summed E-state index contributed by atoms with van der Waals surface area (Å²) in [5.74, 6) is 0. The Morgan fingerprint density at radius 1 is 1.47 bits per heavy atom. The fraction of sp³-hybridized carbons (Fsp3) is 0.900. The summed E-state index contributed by atoms with van der Waals surface area (Å²) in [5.41, 5.74) is 1.10. The molecule has 0 amide bonds. The SMILES string of the molecule is CCN1CC/C(=N/OC)CC1COOC. The molecular formula is C10H20N2O3. The molecule has 0 radical (unpaired) electrons. The lowest BCUT2D eigenvalue weighted by molar-refractivity contribution is -0.280. The molecule has 1 rings (SSSR count). The third kappa shape index (κ3) is 3.77. The van der Waals surface area contributed by atoms with Gasteiger partial charge in [-0.3, -0.25) is 4.90 Å².